The Bertz CT molecular complexity index is 365. The van der Waals surface area contributed by atoms with Crippen molar-refractivity contribution in [3.8, 4) is 0 Å². The van der Waals surface area contributed by atoms with Crippen molar-refractivity contribution in [2.24, 2.45) is 0 Å². The minimum Gasteiger partial charge on any atom is -0.481 e. The summed E-state index contributed by atoms with van der Waals surface area (Å²) in [4.78, 5) is 21.4. The number of aliphatic carboxylic acids is 1. The van der Waals surface area contributed by atoms with E-state index >= 15 is 0 Å². The third kappa shape index (κ3) is 6.19. The molecule has 1 rings (SSSR count). The lowest BCUT2D eigenvalue weighted by atomic mass is 10.1. The molecule has 0 fully saturated rings. The molecule has 5 heteroatoms. The van der Waals surface area contributed by atoms with Crippen LogP contribution in [-0.4, -0.2) is 30.2 Å². The number of nitrogens with one attached hydrogen (secondary N) is 2. The summed E-state index contributed by atoms with van der Waals surface area (Å²) >= 11 is 0. The topological polar surface area (TPSA) is 78.4 Å². The zero-order valence-electron chi connectivity index (χ0n) is 9.48. The summed E-state index contributed by atoms with van der Waals surface area (Å²) in [5.74, 6) is -0.922. The van der Waals surface area contributed by atoms with Gasteiger partial charge in [-0.2, -0.15) is 0 Å². The molecule has 3 N–H and O–H groups in total. The van der Waals surface area contributed by atoms with Crippen LogP contribution in [0.1, 0.15) is 12.0 Å². The largest absolute Gasteiger partial charge is 0.481 e. The van der Waals surface area contributed by atoms with Crippen molar-refractivity contribution in [3.63, 3.8) is 0 Å². The molecular weight excluding hydrogens is 220 g/mol. The lowest BCUT2D eigenvalue weighted by molar-refractivity contribution is -0.136. The second-order valence-corrected chi connectivity index (χ2v) is 3.56. The van der Waals surface area contributed by atoms with Crippen molar-refractivity contribution in [1.82, 2.24) is 10.6 Å². The molecule has 1 aromatic carbocycles. The molecular formula is C12H16N2O3. The highest BCUT2D eigenvalue weighted by Crippen LogP contribution is 1.97. The molecule has 0 bridgehead atoms. The number of rotatable bonds is 6. The molecule has 0 aliphatic carbocycles. The highest BCUT2D eigenvalue weighted by molar-refractivity contribution is 5.74. The average Bonchev–Trinajstić information content (AvgIpc) is 2.30. The normalized spacial score (nSPS) is 9.65. The Morgan fingerprint density at radius 3 is 2.35 bits per heavy atom. The second-order valence-electron chi connectivity index (χ2n) is 3.56. The first-order valence-electron chi connectivity index (χ1n) is 5.46. The molecule has 5 nitrogen and oxygen atoms in total. The quantitative estimate of drug-likeness (QED) is 0.689. The molecule has 0 saturated heterocycles. The van der Waals surface area contributed by atoms with Gasteiger partial charge in [0.05, 0.1) is 6.42 Å². The third-order valence-corrected chi connectivity index (χ3v) is 2.17. The summed E-state index contributed by atoms with van der Waals surface area (Å²) in [6.07, 6.45) is 0.694. The van der Waals surface area contributed by atoms with Gasteiger partial charge in [0.1, 0.15) is 0 Å². The first kappa shape index (κ1) is 13.0. The number of carbonyl (C=O) groups is 2. The fourth-order valence-electron chi connectivity index (χ4n) is 1.31. The molecule has 0 aliphatic rings. The van der Waals surface area contributed by atoms with Crippen LogP contribution in [-0.2, 0) is 11.2 Å². The van der Waals surface area contributed by atoms with E-state index in [9.17, 15) is 9.59 Å². The van der Waals surface area contributed by atoms with Gasteiger partial charge in [0.25, 0.3) is 0 Å². The Balaban J connectivity index is 2.10. The Kier molecular flexibility index (Phi) is 5.57. The molecule has 0 saturated carbocycles. The van der Waals surface area contributed by atoms with Crippen LogP contribution in [0.5, 0.6) is 0 Å². The van der Waals surface area contributed by atoms with Crippen molar-refractivity contribution in [2.45, 2.75) is 12.8 Å². The monoisotopic (exact) mass is 236 g/mol. The summed E-state index contributed by atoms with van der Waals surface area (Å²) in [6, 6.07) is 9.48. The van der Waals surface area contributed by atoms with E-state index < -0.39 is 5.97 Å². The Hall–Kier alpha value is -2.04. The van der Waals surface area contributed by atoms with Crippen LogP contribution >= 0.6 is 0 Å². The fraction of sp³-hybridized carbons (Fsp3) is 0.333. The Morgan fingerprint density at radius 1 is 1.06 bits per heavy atom. The molecule has 0 heterocycles. The van der Waals surface area contributed by atoms with E-state index in [1.54, 1.807) is 0 Å². The summed E-state index contributed by atoms with van der Waals surface area (Å²) in [6.45, 7) is 0.676. The molecule has 0 atom stereocenters. The molecule has 1 aromatic rings. The summed E-state index contributed by atoms with van der Waals surface area (Å²) in [7, 11) is 0. The lowest BCUT2D eigenvalue weighted by Gasteiger charge is -2.06. The van der Waals surface area contributed by atoms with Gasteiger partial charge in [0.2, 0.25) is 0 Å². The number of hydrogen-bond acceptors (Lipinski definition) is 2. The summed E-state index contributed by atoms with van der Waals surface area (Å²) in [5.41, 5.74) is 1.15. The van der Waals surface area contributed by atoms with Crippen LogP contribution in [0, 0.1) is 0 Å². The van der Waals surface area contributed by atoms with E-state index in [1.165, 1.54) is 0 Å². The van der Waals surface area contributed by atoms with Gasteiger partial charge in [-0.25, -0.2) is 4.79 Å². The highest BCUT2D eigenvalue weighted by Gasteiger charge is 2.01. The van der Waals surface area contributed by atoms with Crippen LogP contribution < -0.4 is 10.6 Å². The van der Waals surface area contributed by atoms with Crippen LogP contribution in [0.3, 0.4) is 0 Å². The number of carboxylic acid groups (broad SMARTS) is 1. The lowest BCUT2D eigenvalue weighted by Crippen LogP contribution is -2.37. The molecule has 0 radical (unpaired) electrons. The van der Waals surface area contributed by atoms with E-state index in [1.807, 2.05) is 30.3 Å². The van der Waals surface area contributed by atoms with E-state index in [0.29, 0.717) is 6.54 Å². The first-order chi connectivity index (χ1) is 8.18. The van der Waals surface area contributed by atoms with E-state index in [2.05, 4.69) is 10.6 Å². The van der Waals surface area contributed by atoms with Gasteiger partial charge in [-0.05, 0) is 12.0 Å². The molecule has 2 amide bonds. The maximum Gasteiger partial charge on any atom is 0.314 e. The van der Waals surface area contributed by atoms with Crippen LogP contribution in [0.2, 0.25) is 0 Å². The average molecular weight is 236 g/mol. The Morgan fingerprint density at radius 2 is 1.71 bits per heavy atom. The van der Waals surface area contributed by atoms with Gasteiger partial charge in [0.15, 0.2) is 0 Å². The van der Waals surface area contributed by atoms with Crippen LogP contribution in [0.4, 0.5) is 4.79 Å². The minimum atomic E-state index is -0.922. The minimum absolute atomic E-state index is 0.0634. The van der Waals surface area contributed by atoms with Gasteiger partial charge < -0.3 is 15.7 Å². The zero-order valence-corrected chi connectivity index (χ0v) is 9.48. The van der Waals surface area contributed by atoms with Crippen LogP contribution in [0.15, 0.2) is 30.3 Å². The highest BCUT2D eigenvalue weighted by atomic mass is 16.4. The van der Waals surface area contributed by atoms with Gasteiger partial charge in [-0.1, -0.05) is 30.3 Å². The molecule has 92 valence electrons. The molecule has 0 aliphatic heterocycles. The fourth-order valence-corrected chi connectivity index (χ4v) is 1.31. The number of carboxylic acids is 1. The smallest absolute Gasteiger partial charge is 0.314 e. The maximum absolute atomic E-state index is 11.2. The Labute approximate surface area is 99.8 Å². The van der Waals surface area contributed by atoms with Crippen molar-refractivity contribution < 1.29 is 14.7 Å². The maximum atomic E-state index is 11.2. The predicted molar refractivity (Wildman–Crippen MR) is 63.8 cm³/mol. The summed E-state index contributed by atoms with van der Waals surface area (Å²) < 4.78 is 0. The van der Waals surface area contributed by atoms with Crippen molar-refractivity contribution in [3.05, 3.63) is 35.9 Å². The first-order valence-corrected chi connectivity index (χ1v) is 5.46. The van der Waals surface area contributed by atoms with Crippen molar-refractivity contribution >= 4 is 12.0 Å². The number of amides is 2. The SMILES string of the molecule is O=C(O)CCNC(=O)NCCc1ccccc1. The second kappa shape index (κ2) is 7.27. The zero-order chi connectivity index (χ0) is 12.5. The summed E-state index contributed by atoms with van der Waals surface area (Å²) in [5, 5.41) is 13.5. The standard InChI is InChI=1S/C12H16N2O3/c15-11(16)7-9-14-12(17)13-8-6-10-4-2-1-3-5-10/h1-5H,6-9H2,(H,15,16)(H2,13,14,17). The van der Waals surface area contributed by atoms with E-state index in [0.717, 1.165) is 12.0 Å². The van der Waals surface area contributed by atoms with E-state index in [-0.39, 0.29) is 19.0 Å². The number of urea groups is 1. The van der Waals surface area contributed by atoms with Crippen molar-refractivity contribution in [2.75, 3.05) is 13.1 Å². The van der Waals surface area contributed by atoms with Crippen molar-refractivity contribution in [1.29, 1.82) is 0 Å². The van der Waals surface area contributed by atoms with Gasteiger partial charge >= 0.3 is 12.0 Å². The molecule has 0 spiro atoms. The number of benzene rings is 1. The molecule has 0 aromatic heterocycles. The predicted octanol–water partition coefficient (Wildman–Crippen LogP) is 1.00. The number of carbonyl (C=O) groups excluding carboxylic acids is 1. The molecule has 0 unspecified atom stereocenters. The van der Waals surface area contributed by atoms with Gasteiger partial charge in [-0.15, -0.1) is 0 Å². The third-order valence-electron chi connectivity index (χ3n) is 2.17. The molecule has 17 heavy (non-hydrogen) atoms. The van der Waals surface area contributed by atoms with E-state index in [4.69, 9.17) is 5.11 Å². The number of hydrogen-bond donors (Lipinski definition) is 3. The van der Waals surface area contributed by atoms with Gasteiger partial charge in [-0.3, -0.25) is 4.79 Å². The van der Waals surface area contributed by atoms with Crippen LogP contribution in [0.25, 0.3) is 0 Å². The van der Waals surface area contributed by atoms with Gasteiger partial charge in [0, 0.05) is 13.1 Å².